The number of aromatic nitrogens is 1. The van der Waals surface area contributed by atoms with Crippen molar-refractivity contribution in [3.63, 3.8) is 0 Å². The second-order valence-corrected chi connectivity index (χ2v) is 9.20. The van der Waals surface area contributed by atoms with Crippen LogP contribution in [0, 0.1) is 5.92 Å². The Labute approximate surface area is 174 Å². The minimum absolute atomic E-state index is 0.0259. The van der Waals surface area contributed by atoms with Crippen LogP contribution in [0.15, 0.2) is 54.7 Å². The van der Waals surface area contributed by atoms with Crippen LogP contribution in [0.3, 0.4) is 0 Å². The number of anilines is 1. The summed E-state index contributed by atoms with van der Waals surface area (Å²) in [6, 6.07) is 16.6. The Morgan fingerprint density at radius 1 is 0.931 bits per heavy atom. The first kappa shape index (κ1) is 19.9. The molecule has 5 heteroatoms. The zero-order valence-electron chi connectivity index (χ0n) is 17.8. The Bertz CT molecular complexity index is 810. The molecular formula is C24H32N4O. The summed E-state index contributed by atoms with van der Waals surface area (Å²) in [4.78, 5) is 24.8. The van der Waals surface area contributed by atoms with Gasteiger partial charge in [-0.2, -0.15) is 0 Å². The van der Waals surface area contributed by atoms with E-state index in [2.05, 4.69) is 64.7 Å². The number of likely N-dealkylation sites (tertiary alicyclic amines) is 1. The van der Waals surface area contributed by atoms with Crippen molar-refractivity contribution in [3.8, 4) is 0 Å². The van der Waals surface area contributed by atoms with Gasteiger partial charge in [0.15, 0.2) is 0 Å². The van der Waals surface area contributed by atoms with E-state index >= 15 is 0 Å². The molecule has 0 unspecified atom stereocenters. The summed E-state index contributed by atoms with van der Waals surface area (Å²) in [6.45, 7) is 11.7. The van der Waals surface area contributed by atoms with Crippen molar-refractivity contribution in [3.05, 3.63) is 60.3 Å². The molecule has 2 aliphatic heterocycles. The maximum Gasteiger partial charge on any atom is 0.227 e. The van der Waals surface area contributed by atoms with Gasteiger partial charge in [-0.05, 0) is 38.5 Å². The maximum absolute atomic E-state index is 13.6. The molecule has 2 atom stereocenters. The van der Waals surface area contributed by atoms with E-state index in [0.717, 1.165) is 45.1 Å². The lowest BCUT2D eigenvalue weighted by Crippen LogP contribution is -2.51. The van der Waals surface area contributed by atoms with Crippen molar-refractivity contribution in [2.45, 2.75) is 32.2 Å². The van der Waals surface area contributed by atoms with E-state index in [-0.39, 0.29) is 17.4 Å². The normalized spacial score (nSPS) is 23.4. The highest BCUT2D eigenvalue weighted by molar-refractivity contribution is 5.81. The van der Waals surface area contributed by atoms with Crippen LogP contribution in [0.2, 0.25) is 0 Å². The van der Waals surface area contributed by atoms with Crippen molar-refractivity contribution in [2.24, 2.45) is 5.92 Å². The lowest BCUT2D eigenvalue weighted by Gasteiger charge is -2.37. The number of carbonyl (C=O) groups is 1. The first-order valence-corrected chi connectivity index (χ1v) is 10.7. The molecule has 2 aliphatic rings. The summed E-state index contributed by atoms with van der Waals surface area (Å²) >= 11 is 0. The predicted molar refractivity (Wildman–Crippen MR) is 117 cm³/mol. The van der Waals surface area contributed by atoms with Gasteiger partial charge in [0.05, 0.1) is 5.92 Å². The highest BCUT2D eigenvalue weighted by atomic mass is 16.2. The van der Waals surface area contributed by atoms with Gasteiger partial charge in [-0.3, -0.25) is 9.69 Å². The van der Waals surface area contributed by atoms with E-state index in [1.807, 2.05) is 30.5 Å². The first-order chi connectivity index (χ1) is 13.9. The number of piperazine rings is 1. The molecular weight excluding hydrogens is 360 g/mol. The molecule has 0 spiro atoms. The Hall–Kier alpha value is -2.40. The zero-order chi connectivity index (χ0) is 20.4. The van der Waals surface area contributed by atoms with Gasteiger partial charge in [-0.15, -0.1) is 0 Å². The molecule has 3 heterocycles. The molecule has 1 amide bonds. The average Bonchev–Trinajstić information content (AvgIpc) is 3.21. The summed E-state index contributed by atoms with van der Waals surface area (Å²) < 4.78 is 0. The standard InChI is InChI=1S/C24H32N4O/c1-24(2,3)28-17-20(19-9-5-4-6-10-19)21(18-28)23(29)27-15-13-26(14-16-27)22-11-7-8-12-25-22/h4-12,20-21H,13-18H2,1-3H3/t20-,21+/m0/s1. The Kier molecular flexibility index (Phi) is 5.59. The van der Waals surface area contributed by atoms with Crippen LogP contribution < -0.4 is 4.90 Å². The van der Waals surface area contributed by atoms with Crippen LogP contribution in [-0.2, 0) is 4.79 Å². The van der Waals surface area contributed by atoms with Crippen LogP contribution in [0.1, 0.15) is 32.3 Å². The van der Waals surface area contributed by atoms with Gasteiger partial charge >= 0.3 is 0 Å². The fourth-order valence-electron chi connectivity index (χ4n) is 4.57. The van der Waals surface area contributed by atoms with E-state index in [4.69, 9.17) is 0 Å². The summed E-state index contributed by atoms with van der Waals surface area (Å²) in [5.41, 5.74) is 1.35. The molecule has 5 nitrogen and oxygen atoms in total. The third-order valence-electron chi connectivity index (χ3n) is 6.38. The van der Waals surface area contributed by atoms with Crippen LogP contribution in [0.4, 0.5) is 5.82 Å². The van der Waals surface area contributed by atoms with Crippen molar-refractivity contribution in [1.29, 1.82) is 0 Å². The molecule has 1 aromatic carbocycles. The van der Waals surface area contributed by atoms with Crippen molar-refractivity contribution in [1.82, 2.24) is 14.8 Å². The average molecular weight is 393 g/mol. The molecule has 2 aromatic rings. The first-order valence-electron chi connectivity index (χ1n) is 10.7. The van der Waals surface area contributed by atoms with Gasteiger partial charge in [0, 0.05) is 56.9 Å². The largest absolute Gasteiger partial charge is 0.353 e. The molecule has 1 aromatic heterocycles. The molecule has 0 aliphatic carbocycles. The third kappa shape index (κ3) is 4.30. The molecule has 0 bridgehead atoms. The van der Waals surface area contributed by atoms with Crippen molar-refractivity contribution < 1.29 is 4.79 Å². The van der Waals surface area contributed by atoms with E-state index in [1.54, 1.807) is 0 Å². The Morgan fingerprint density at radius 2 is 1.62 bits per heavy atom. The summed E-state index contributed by atoms with van der Waals surface area (Å²) in [6.07, 6.45) is 1.83. The molecule has 154 valence electrons. The van der Waals surface area contributed by atoms with Gasteiger partial charge in [0.25, 0.3) is 0 Å². The quantitative estimate of drug-likeness (QED) is 0.804. The van der Waals surface area contributed by atoms with E-state index in [0.29, 0.717) is 5.91 Å². The lowest BCUT2D eigenvalue weighted by molar-refractivity contribution is -0.136. The molecule has 0 radical (unpaired) electrons. The van der Waals surface area contributed by atoms with E-state index in [9.17, 15) is 4.79 Å². The minimum atomic E-state index is 0.0259. The Balaban J connectivity index is 1.47. The van der Waals surface area contributed by atoms with Crippen molar-refractivity contribution in [2.75, 3.05) is 44.2 Å². The number of rotatable bonds is 3. The molecule has 2 saturated heterocycles. The van der Waals surface area contributed by atoms with Gasteiger partial charge in [0.1, 0.15) is 5.82 Å². The highest BCUT2D eigenvalue weighted by Crippen LogP contribution is 2.37. The Morgan fingerprint density at radius 3 is 2.24 bits per heavy atom. The van der Waals surface area contributed by atoms with Gasteiger partial charge in [-0.25, -0.2) is 4.98 Å². The van der Waals surface area contributed by atoms with E-state index in [1.165, 1.54) is 5.56 Å². The number of hydrogen-bond acceptors (Lipinski definition) is 4. The number of carbonyl (C=O) groups excluding carboxylic acids is 1. The van der Waals surface area contributed by atoms with Crippen molar-refractivity contribution >= 4 is 11.7 Å². The molecule has 2 fully saturated rings. The monoisotopic (exact) mass is 392 g/mol. The number of nitrogens with zero attached hydrogens (tertiary/aromatic N) is 4. The van der Waals surface area contributed by atoms with Gasteiger partial charge < -0.3 is 9.80 Å². The summed E-state index contributed by atoms with van der Waals surface area (Å²) in [7, 11) is 0. The van der Waals surface area contributed by atoms with Crippen LogP contribution in [-0.4, -0.2) is 65.5 Å². The summed E-state index contributed by atoms with van der Waals surface area (Å²) in [5, 5.41) is 0. The fraction of sp³-hybridized carbons (Fsp3) is 0.500. The molecule has 4 rings (SSSR count). The zero-order valence-corrected chi connectivity index (χ0v) is 17.8. The minimum Gasteiger partial charge on any atom is -0.353 e. The smallest absolute Gasteiger partial charge is 0.227 e. The molecule has 0 N–H and O–H groups in total. The second kappa shape index (κ2) is 8.15. The third-order valence-corrected chi connectivity index (χ3v) is 6.38. The topological polar surface area (TPSA) is 39.7 Å². The highest BCUT2D eigenvalue weighted by Gasteiger charge is 2.43. The molecule has 0 saturated carbocycles. The fourth-order valence-corrected chi connectivity index (χ4v) is 4.57. The summed E-state index contributed by atoms with van der Waals surface area (Å²) in [5.74, 6) is 1.60. The van der Waals surface area contributed by atoms with Crippen LogP contribution in [0.5, 0.6) is 0 Å². The number of pyridine rings is 1. The maximum atomic E-state index is 13.6. The van der Waals surface area contributed by atoms with Crippen LogP contribution in [0.25, 0.3) is 0 Å². The second-order valence-electron chi connectivity index (χ2n) is 9.20. The van der Waals surface area contributed by atoms with Crippen LogP contribution >= 0.6 is 0 Å². The van der Waals surface area contributed by atoms with Gasteiger partial charge in [-0.1, -0.05) is 36.4 Å². The van der Waals surface area contributed by atoms with E-state index < -0.39 is 0 Å². The van der Waals surface area contributed by atoms with Gasteiger partial charge in [0.2, 0.25) is 5.91 Å². The number of amides is 1. The molecule has 29 heavy (non-hydrogen) atoms. The lowest BCUT2D eigenvalue weighted by atomic mass is 9.88. The SMILES string of the molecule is CC(C)(C)N1C[C@@H](C(=O)N2CCN(c3ccccn3)CC2)[C@H](c2ccccc2)C1. The predicted octanol–water partition coefficient (Wildman–Crippen LogP) is 3.24. The number of benzene rings is 1. The number of hydrogen-bond donors (Lipinski definition) is 0.